The first-order chi connectivity index (χ1) is 11.8. The second-order valence-electron chi connectivity index (χ2n) is 7.57. The number of piperidine rings is 1. The van der Waals surface area contributed by atoms with Gasteiger partial charge in [-0.1, -0.05) is 33.3 Å². The molecular weight excluding hydrogens is 314 g/mol. The van der Waals surface area contributed by atoms with Crippen LogP contribution >= 0.6 is 0 Å². The fourth-order valence-corrected chi connectivity index (χ4v) is 3.57. The highest BCUT2D eigenvalue weighted by Crippen LogP contribution is 2.24. The molecule has 1 aliphatic rings. The molecule has 25 heavy (non-hydrogen) atoms. The Morgan fingerprint density at radius 3 is 2.52 bits per heavy atom. The Hall–Kier alpha value is -1.88. The molecule has 1 heterocycles. The van der Waals surface area contributed by atoms with Gasteiger partial charge in [0.05, 0.1) is 6.04 Å². The number of nitrogens with zero attached hydrogens (tertiary/aromatic N) is 1. The number of benzene rings is 1. The van der Waals surface area contributed by atoms with E-state index in [9.17, 15) is 9.59 Å². The summed E-state index contributed by atoms with van der Waals surface area (Å²) in [6, 6.07) is 4.97. The zero-order chi connectivity index (χ0) is 18.6. The van der Waals surface area contributed by atoms with Crippen molar-refractivity contribution in [2.24, 2.45) is 17.6 Å². The summed E-state index contributed by atoms with van der Waals surface area (Å²) in [4.78, 5) is 27.0. The van der Waals surface area contributed by atoms with Crippen LogP contribution in [0.5, 0.6) is 0 Å². The van der Waals surface area contributed by atoms with E-state index in [1.807, 2.05) is 30.9 Å². The zero-order valence-electron chi connectivity index (χ0n) is 15.8. The Morgan fingerprint density at radius 2 is 1.92 bits per heavy atom. The summed E-state index contributed by atoms with van der Waals surface area (Å²) in [6.07, 6.45) is 2.67. The smallest absolute Gasteiger partial charge is 0.253 e. The van der Waals surface area contributed by atoms with Gasteiger partial charge in [0.1, 0.15) is 0 Å². The summed E-state index contributed by atoms with van der Waals surface area (Å²) in [5.74, 6) is 0.871. The van der Waals surface area contributed by atoms with E-state index in [1.54, 1.807) is 6.07 Å². The minimum atomic E-state index is -0.521. The fourth-order valence-electron chi connectivity index (χ4n) is 3.57. The van der Waals surface area contributed by atoms with Crippen LogP contribution in [0.3, 0.4) is 0 Å². The molecule has 2 rings (SSSR count). The van der Waals surface area contributed by atoms with Gasteiger partial charge in [0, 0.05) is 24.3 Å². The van der Waals surface area contributed by atoms with E-state index in [2.05, 4.69) is 19.2 Å². The second-order valence-corrected chi connectivity index (χ2v) is 7.57. The monoisotopic (exact) mass is 345 g/mol. The van der Waals surface area contributed by atoms with Crippen molar-refractivity contribution in [1.82, 2.24) is 4.90 Å². The van der Waals surface area contributed by atoms with Crippen LogP contribution in [0.15, 0.2) is 18.2 Å². The number of nitrogens with one attached hydrogen (secondary N) is 1. The molecule has 0 aromatic heterocycles. The fraction of sp³-hybridized carbons (Fsp3) is 0.600. The summed E-state index contributed by atoms with van der Waals surface area (Å²) in [5.41, 5.74) is 8.09. The number of anilines is 1. The Kier molecular flexibility index (Phi) is 6.59. The lowest BCUT2D eigenvalue weighted by Gasteiger charge is -2.35. The third-order valence-corrected chi connectivity index (χ3v) is 4.83. The van der Waals surface area contributed by atoms with Crippen molar-refractivity contribution < 1.29 is 9.59 Å². The molecule has 0 radical (unpaired) electrons. The molecule has 5 heteroatoms. The first kappa shape index (κ1) is 19.4. The topological polar surface area (TPSA) is 75.4 Å². The lowest BCUT2D eigenvalue weighted by molar-refractivity contribution is -0.117. The van der Waals surface area contributed by atoms with Crippen LogP contribution in [0.4, 0.5) is 5.69 Å². The van der Waals surface area contributed by atoms with Gasteiger partial charge in [0.25, 0.3) is 5.91 Å². The number of rotatable bonds is 5. The summed E-state index contributed by atoms with van der Waals surface area (Å²) < 4.78 is 0. The summed E-state index contributed by atoms with van der Waals surface area (Å²) >= 11 is 0. The normalized spacial score (nSPS) is 21.7. The van der Waals surface area contributed by atoms with Gasteiger partial charge < -0.3 is 16.0 Å². The molecule has 3 unspecified atom stereocenters. The van der Waals surface area contributed by atoms with E-state index in [-0.39, 0.29) is 11.8 Å². The standard InChI is InChI=1S/C20H31N3O2/c1-5-6-17(21)19(24)22-18-10-16(8-7-15(18)4)20(25)23-11-13(2)9-14(3)12-23/h7-8,10,13-14,17H,5-6,9,11-12,21H2,1-4H3,(H,22,24). The van der Waals surface area contributed by atoms with Crippen LogP contribution in [-0.2, 0) is 4.79 Å². The molecular formula is C20H31N3O2. The quantitative estimate of drug-likeness (QED) is 0.860. The number of amides is 2. The number of likely N-dealkylation sites (tertiary alicyclic amines) is 1. The molecule has 138 valence electrons. The van der Waals surface area contributed by atoms with Crippen molar-refractivity contribution in [2.45, 2.75) is 53.0 Å². The van der Waals surface area contributed by atoms with Gasteiger partial charge in [-0.25, -0.2) is 0 Å². The molecule has 3 N–H and O–H groups in total. The predicted octanol–water partition coefficient (Wildman–Crippen LogP) is 3.18. The van der Waals surface area contributed by atoms with Crippen LogP contribution in [0.1, 0.15) is 56.0 Å². The minimum absolute atomic E-state index is 0.0340. The van der Waals surface area contributed by atoms with Crippen molar-refractivity contribution >= 4 is 17.5 Å². The van der Waals surface area contributed by atoms with E-state index in [0.29, 0.717) is 29.5 Å². The van der Waals surface area contributed by atoms with Crippen molar-refractivity contribution in [3.63, 3.8) is 0 Å². The molecule has 1 aromatic carbocycles. The lowest BCUT2D eigenvalue weighted by atomic mass is 9.91. The Balaban J connectivity index is 2.14. The van der Waals surface area contributed by atoms with Gasteiger partial charge >= 0.3 is 0 Å². The largest absolute Gasteiger partial charge is 0.338 e. The van der Waals surface area contributed by atoms with Crippen LogP contribution < -0.4 is 11.1 Å². The van der Waals surface area contributed by atoms with E-state index >= 15 is 0 Å². The maximum Gasteiger partial charge on any atom is 0.253 e. The van der Waals surface area contributed by atoms with Crippen LogP contribution in [-0.4, -0.2) is 35.8 Å². The van der Waals surface area contributed by atoms with Gasteiger partial charge in [-0.2, -0.15) is 0 Å². The predicted molar refractivity (Wildman–Crippen MR) is 102 cm³/mol. The van der Waals surface area contributed by atoms with Crippen molar-refractivity contribution in [3.05, 3.63) is 29.3 Å². The Bertz CT molecular complexity index is 619. The molecule has 3 atom stereocenters. The van der Waals surface area contributed by atoms with E-state index in [1.165, 1.54) is 0 Å². The average Bonchev–Trinajstić information content (AvgIpc) is 2.55. The Morgan fingerprint density at radius 1 is 1.28 bits per heavy atom. The van der Waals surface area contributed by atoms with Gasteiger partial charge in [0.2, 0.25) is 5.91 Å². The summed E-state index contributed by atoms with van der Waals surface area (Å²) in [7, 11) is 0. The Labute approximate surface area is 151 Å². The maximum atomic E-state index is 12.9. The first-order valence-corrected chi connectivity index (χ1v) is 9.28. The van der Waals surface area contributed by atoms with Crippen LogP contribution in [0.25, 0.3) is 0 Å². The molecule has 2 amide bonds. The molecule has 0 bridgehead atoms. The molecule has 1 aromatic rings. The lowest BCUT2D eigenvalue weighted by Crippen LogP contribution is -2.42. The summed E-state index contributed by atoms with van der Waals surface area (Å²) in [5, 5.41) is 2.88. The van der Waals surface area contributed by atoms with E-state index in [0.717, 1.165) is 31.5 Å². The molecule has 1 saturated heterocycles. The molecule has 1 fully saturated rings. The maximum absolute atomic E-state index is 12.9. The molecule has 0 spiro atoms. The number of aryl methyl sites for hydroxylation is 1. The summed E-state index contributed by atoms with van der Waals surface area (Å²) in [6.45, 7) is 9.87. The van der Waals surface area contributed by atoms with Crippen LogP contribution in [0.2, 0.25) is 0 Å². The van der Waals surface area contributed by atoms with Gasteiger partial charge in [-0.15, -0.1) is 0 Å². The highest BCUT2D eigenvalue weighted by atomic mass is 16.2. The molecule has 5 nitrogen and oxygen atoms in total. The van der Waals surface area contributed by atoms with Crippen LogP contribution in [0, 0.1) is 18.8 Å². The number of hydrogen-bond acceptors (Lipinski definition) is 3. The highest BCUT2D eigenvalue weighted by Gasteiger charge is 2.26. The highest BCUT2D eigenvalue weighted by molar-refractivity contribution is 5.99. The third kappa shape index (κ3) is 5.05. The second kappa shape index (κ2) is 8.48. The molecule has 0 aliphatic carbocycles. The van der Waals surface area contributed by atoms with Crippen molar-refractivity contribution in [2.75, 3.05) is 18.4 Å². The SMILES string of the molecule is CCCC(N)C(=O)Nc1cc(C(=O)N2CC(C)CC(C)C2)ccc1C. The molecule has 1 aliphatic heterocycles. The van der Waals surface area contributed by atoms with Gasteiger partial charge in [-0.3, -0.25) is 9.59 Å². The van der Waals surface area contributed by atoms with Gasteiger partial charge in [0.15, 0.2) is 0 Å². The molecule has 0 saturated carbocycles. The minimum Gasteiger partial charge on any atom is -0.338 e. The average molecular weight is 345 g/mol. The third-order valence-electron chi connectivity index (χ3n) is 4.83. The van der Waals surface area contributed by atoms with Crippen molar-refractivity contribution in [3.8, 4) is 0 Å². The van der Waals surface area contributed by atoms with Gasteiger partial charge in [-0.05, 0) is 49.3 Å². The number of hydrogen-bond donors (Lipinski definition) is 2. The number of nitrogens with two attached hydrogens (primary N) is 1. The number of carbonyl (C=O) groups is 2. The number of carbonyl (C=O) groups excluding carboxylic acids is 2. The zero-order valence-corrected chi connectivity index (χ0v) is 15.8. The van der Waals surface area contributed by atoms with E-state index in [4.69, 9.17) is 5.73 Å². The first-order valence-electron chi connectivity index (χ1n) is 9.28. The van der Waals surface area contributed by atoms with E-state index < -0.39 is 6.04 Å². The van der Waals surface area contributed by atoms with Crippen molar-refractivity contribution in [1.29, 1.82) is 0 Å².